The van der Waals surface area contributed by atoms with Crippen LogP contribution in [0.2, 0.25) is 0 Å². The number of anilines is 1. The van der Waals surface area contributed by atoms with E-state index >= 15 is 0 Å². The molecule has 0 amide bonds. The molecule has 0 aromatic heterocycles. The molecule has 2 aromatic carbocycles. The highest BCUT2D eigenvalue weighted by molar-refractivity contribution is 6.37. The van der Waals surface area contributed by atoms with Crippen molar-refractivity contribution in [1.82, 2.24) is 0 Å². The molecular formula is C18H18N2O2. The summed E-state index contributed by atoms with van der Waals surface area (Å²) in [7, 11) is 0. The molecule has 4 nitrogen and oxygen atoms in total. The molecule has 112 valence electrons. The minimum absolute atomic E-state index is 0.202. The molecule has 22 heavy (non-hydrogen) atoms. The van der Waals surface area contributed by atoms with Crippen LogP contribution in [0.5, 0.6) is 0 Å². The van der Waals surface area contributed by atoms with Crippen LogP contribution in [0.4, 0.5) is 11.4 Å². The second kappa shape index (κ2) is 5.64. The number of rotatable bonds is 3. The predicted octanol–water partition coefficient (Wildman–Crippen LogP) is 1.62. The van der Waals surface area contributed by atoms with Gasteiger partial charge >= 0.3 is 5.84 Å². The predicted molar refractivity (Wildman–Crippen MR) is 84.5 cm³/mol. The number of carboxylic acid groups (broad SMARTS) is 1. The summed E-state index contributed by atoms with van der Waals surface area (Å²) in [5.41, 5.74) is 4.04. The summed E-state index contributed by atoms with van der Waals surface area (Å²) >= 11 is 0. The van der Waals surface area contributed by atoms with E-state index in [1.165, 1.54) is 0 Å². The lowest BCUT2D eigenvalue weighted by Crippen LogP contribution is -2.44. The van der Waals surface area contributed by atoms with Gasteiger partial charge in [-0.15, -0.1) is 0 Å². The number of aliphatic carboxylic acids is 1. The lowest BCUT2D eigenvalue weighted by molar-refractivity contribution is -0.432. The molecule has 1 aliphatic rings. The van der Waals surface area contributed by atoms with E-state index < -0.39 is 5.97 Å². The fourth-order valence-corrected chi connectivity index (χ4v) is 2.73. The van der Waals surface area contributed by atoms with Gasteiger partial charge < -0.3 is 9.90 Å². The number of aryl methyl sites for hydroxylation is 2. The topological polar surface area (TPSA) is 46.4 Å². The molecule has 0 spiro atoms. The summed E-state index contributed by atoms with van der Waals surface area (Å²) in [6.45, 7) is 5.27. The monoisotopic (exact) mass is 294 g/mol. The third kappa shape index (κ3) is 2.60. The summed E-state index contributed by atoms with van der Waals surface area (Å²) in [6.07, 6.45) is 0. The first-order chi connectivity index (χ1) is 10.6. The van der Waals surface area contributed by atoms with Crippen molar-refractivity contribution in [3.05, 3.63) is 59.7 Å². The Kier molecular flexibility index (Phi) is 3.67. The van der Waals surface area contributed by atoms with Gasteiger partial charge in [-0.1, -0.05) is 35.4 Å². The number of amidine groups is 1. The zero-order chi connectivity index (χ0) is 15.7. The highest BCUT2D eigenvalue weighted by atomic mass is 16.4. The first-order valence-electron chi connectivity index (χ1n) is 7.33. The van der Waals surface area contributed by atoms with E-state index in [0.29, 0.717) is 13.1 Å². The van der Waals surface area contributed by atoms with E-state index in [9.17, 15) is 9.90 Å². The number of hydrogen-bond acceptors (Lipinski definition) is 3. The second-order valence-corrected chi connectivity index (χ2v) is 5.59. The van der Waals surface area contributed by atoms with Gasteiger partial charge in [-0.05, 0) is 38.1 Å². The van der Waals surface area contributed by atoms with Crippen LogP contribution >= 0.6 is 0 Å². The summed E-state index contributed by atoms with van der Waals surface area (Å²) < 4.78 is 1.80. The fourth-order valence-electron chi connectivity index (χ4n) is 2.73. The minimum atomic E-state index is -1.15. The molecule has 0 fully saturated rings. The zero-order valence-electron chi connectivity index (χ0n) is 12.7. The van der Waals surface area contributed by atoms with Gasteiger partial charge in [-0.3, -0.25) is 0 Å². The SMILES string of the molecule is Cc1ccc(N2CC[N+](c3ccc(C)cc3)=C2C(=O)[O-])cc1. The van der Waals surface area contributed by atoms with Crippen LogP contribution in [0.15, 0.2) is 48.5 Å². The maximum atomic E-state index is 11.7. The van der Waals surface area contributed by atoms with Gasteiger partial charge in [0.1, 0.15) is 24.5 Å². The Balaban J connectivity index is 2.05. The normalized spacial score (nSPS) is 14.5. The average molecular weight is 294 g/mol. The molecule has 0 unspecified atom stereocenters. The van der Waals surface area contributed by atoms with Gasteiger partial charge in [0.25, 0.3) is 0 Å². The molecule has 1 heterocycles. The Bertz CT molecular complexity index is 731. The third-order valence-electron chi connectivity index (χ3n) is 3.93. The Labute approximate surface area is 129 Å². The zero-order valence-corrected chi connectivity index (χ0v) is 12.7. The minimum Gasteiger partial charge on any atom is -0.538 e. The van der Waals surface area contributed by atoms with Crippen molar-refractivity contribution >= 4 is 23.2 Å². The average Bonchev–Trinajstić information content (AvgIpc) is 2.94. The maximum absolute atomic E-state index is 11.7. The Morgan fingerprint density at radius 2 is 1.55 bits per heavy atom. The smallest absolute Gasteiger partial charge is 0.305 e. The van der Waals surface area contributed by atoms with Gasteiger partial charge in [-0.2, -0.15) is 0 Å². The molecule has 1 aliphatic heterocycles. The first-order valence-corrected chi connectivity index (χ1v) is 7.33. The van der Waals surface area contributed by atoms with Crippen LogP contribution in [-0.2, 0) is 4.79 Å². The van der Waals surface area contributed by atoms with Crippen molar-refractivity contribution in [2.75, 3.05) is 18.0 Å². The van der Waals surface area contributed by atoms with E-state index in [0.717, 1.165) is 22.5 Å². The highest BCUT2D eigenvalue weighted by Gasteiger charge is 2.34. The van der Waals surface area contributed by atoms with Crippen LogP contribution in [0.1, 0.15) is 11.1 Å². The van der Waals surface area contributed by atoms with Crippen molar-refractivity contribution in [2.45, 2.75) is 13.8 Å². The number of benzene rings is 2. The van der Waals surface area contributed by atoms with Crippen molar-refractivity contribution in [1.29, 1.82) is 0 Å². The number of nitrogens with zero attached hydrogens (tertiary/aromatic N) is 2. The first kappa shape index (κ1) is 14.3. The van der Waals surface area contributed by atoms with Crippen LogP contribution < -0.4 is 10.0 Å². The van der Waals surface area contributed by atoms with Gasteiger partial charge in [0.2, 0.25) is 0 Å². The van der Waals surface area contributed by atoms with Crippen LogP contribution in [0.25, 0.3) is 0 Å². The van der Waals surface area contributed by atoms with Crippen LogP contribution in [0.3, 0.4) is 0 Å². The molecule has 0 aliphatic carbocycles. The van der Waals surface area contributed by atoms with Crippen LogP contribution in [0, 0.1) is 13.8 Å². The largest absolute Gasteiger partial charge is 0.538 e. The van der Waals surface area contributed by atoms with E-state index in [4.69, 9.17) is 0 Å². The third-order valence-corrected chi connectivity index (χ3v) is 3.93. The summed E-state index contributed by atoms with van der Waals surface area (Å²) in [5.74, 6) is -0.952. The van der Waals surface area contributed by atoms with E-state index in [2.05, 4.69) is 0 Å². The van der Waals surface area contributed by atoms with Gasteiger partial charge in [0.05, 0.1) is 0 Å². The maximum Gasteiger partial charge on any atom is 0.305 e. The number of hydrogen-bond donors (Lipinski definition) is 0. The molecule has 0 N–H and O–H groups in total. The Morgan fingerprint density at radius 3 is 2.09 bits per heavy atom. The summed E-state index contributed by atoms with van der Waals surface area (Å²) in [6, 6.07) is 15.7. The van der Waals surface area contributed by atoms with Crippen molar-refractivity contribution in [3.63, 3.8) is 0 Å². The quantitative estimate of drug-likeness (QED) is 0.808. The Hall–Kier alpha value is -2.62. The standard InChI is InChI=1S/C18H18N2O2/c1-13-3-7-15(8-4-13)19-11-12-20(17(19)18(21)22)16-9-5-14(2)6-10-16/h3-10H,11-12H2,1-2H3. The van der Waals surface area contributed by atoms with E-state index in [-0.39, 0.29) is 5.84 Å². The number of carboxylic acids is 1. The molecule has 0 saturated carbocycles. The van der Waals surface area contributed by atoms with E-state index in [1.54, 1.807) is 9.48 Å². The molecule has 2 aromatic rings. The van der Waals surface area contributed by atoms with Gasteiger partial charge in [0.15, 0.2) is 5.97 Å². The lowest BCUT2D eigenvalue weighted by Gasteiger charge is -2.14. The summed E-state index contributed by atoms with van der Waals surface area (Å²) in [4.78, 5) is 13.5. The highest BCUT2D eigenvalue weighted by Crippen LogP contribution is 2.22. The fraction of sp³-hybridized carbons (Fsp3) is 0.222. The molecule has 0 atom stereocenters. The second-order valence-electron chi connectivity index (χ2n) is 5.59. The molecular weight excluding hydrogens is 276 g/mol. The molecule has 3 rings (SSSR count). The van der Waals surface area contributed by atoms with Crippen molar-refractivity contribution in [3.8, 4) is 0 Å². The van der Waals surface area contributed by atoms with Gasteiger partial charge in [0, 0.05) is 0 Å². The van der Waals surface area contributed by atoms with Crippen molar-refractivity contribution in [2.24, 2.45) is 0 Å². The number of carbonyl (C=O) groups is 1. The Morgan fingerprint density at radius 1 is 1.00 bits per heavy atom. The van der Waals surface area contributed by atoms with E-state index in [1.807, 2.05) is 62.4 Å². The van der Waals surface area contributed by atoms with Gasteiger partial charge in [-0.25, -0.2) is 9.48 Å². The summed E-state index contributed by atoms with van der Waals surface area (Å²) in [5, 5.41) is 11.7. The molecule has 0 bridgehead atoms. The van der Waals surface area contributed by atoms with Crippen LogP contribution in [-0.4, -0.2) is 29.5 Å². The molecule has 4 heteroatoms. The lowest BCUT2D eigenvalue weighted by atomic mass is 10.2. The molecule has 0 saturated heterocycles. The number of carbonyl (C=O) groups excluding carboxylic acids is 1. The van der Waals surface area contributed by atoms with Crippen molar-refractivity contribution < 1.29 is 14.5 Å². The molecule has 0 radical (unpaired) electrons.